The molecule has 0 unspecified atom stereocenters. The Morgan fingerprint density at radius 1 is 0.900 bits per heavy atom. The predicted octanol–water partition coefficient (Wildman–Crippen LogP) is 3.09. The summed E-state index contributed by atoms with van der Waals surface area (Å²) in [5, 5.41) is -0.470. The second-order valence-corrected chi connectivity index (χ2v) is 7.57. The Bertz CT molecular complexity index is 872. The molecule has 0 spiro atoms. The Kier molecular flexibility index (Phi) is 7.48. The molecule has 0 amide bonds. The molecule has 2 aromatic rings. The lowest BCUT2D eigenvalue weighted by molar-refractivity contribution is -0.174. The molecule has 2 aromatic carbocycles. The minimum atomic E-state index is -0.925. The fourth-order valence-electron chi connectivity index (χ4n) is 3.06. The molecule has 3 rings (SSSR count). The van der Waals surface area contributed by atoms with Gasteiger partial charge in [0.25, 0.3) is 0 Å². The number of carbonyl (C=O) groups is 3. The van der Waals surface area contributed by atoms with Crippen molar-refractivity contribution >= 4 is 29.7 Å². The van der Waals surface area contributed by atoms with Crippen molar-refractivity contribution in [2.24, 2.45) is 0 Å². The highest BCUT2D eigenvalue weighted by Gasteiger charge is 2.49. The molecule has 0 saturated carbocycles. The average Bonchev–Trinajstić information content (AvgIpc) is 3.08. The molecule has 30 heavy (non-hydrogen) atoms. The molecule has 0 radical (unpaired) electrons. The lowest BCUT2D eigenvalue weighted by atomic mass is 10.1. The topological polar surface area (TPSA) is 88.1 Å². The molecule has 1 saturated heterocycles. The zero-order valence-corrected chi connectivity index (χ0v) is 17.4. The Labute approximate surface area is 178 Å². The standard InChI is InChI=1S/C22H22O7S/c1-14(23)27-22-19(30-2)18(29-21(25)16-11-7-4-8-12-16)17(28-22)13-26-20(24)15-9-5-3-6-10-15/h3-12,17-19,22H,13H2,1-2H3/t17-,18+,19-,22-/m0/s1. The van der Waals surface area contributed by atoms with E-state index in [9.17, 15) is 14.4 Å². The molecule has 0 aromatic heterocycles. The summed E-state index contributed by atoms with van der Waals surface area (Å²) >= 11 is 1.34. The van der Waals surface area contributed by atoms with Gasteiger partial charge in [0.2, 0.25) is 6.29 Å². The Morgan fingerprint density at radius 2 is 1.47 bits per heavy atom. The average molecular weight is 430 g/mol. The van der Waals surface area contributed by atoms with Crippen LogP contribution in [0, 0.1) is 0 Å². The van der Waals surface area contributed by atoms with Gasteiger partial charge in [0.15, 0.2) is 0 Å². The molecule has 158 valence electrons. The third-order valence-electron chi connectivity index (χ3n) is 4.46. The molecular weight excluding hydrogens is 408 g/mol. The van der Waals surface area contributed by atoms with E-state index < -0.39 is 41.7 Å². The summed E-state index contributed by atoms with van der Waals surface area (Å²) in [7, 11) is 0. The quantitative estimate of drug-likeness (QED) is 0.489. The van der Waals surface area contributed by atoms with Gasteiger partial charge in [-0.2, -0.15) is 11.8 Å². The first kappa shape index (κ1) is 21.9. The van der Waals surface area contributed by atoms with E-state index in [1.807, 2.05) is 0 Å². The Balaban J connectivity index is 1.74. The van der Waals surface area contributed by atoms with Crippen molar-refractivity contribution in [2.75, 3.05) is 12.9 Å². The number of thioether (sulfide) groups is 1. The van der Waals surface area contributed by atoms with Crippen LogP contribution in [0.15, 0.2) is 60.7 Å². The minimum absolute atomic E-state index is 0.157. The molecule has 1 heterocycles. The predicted molar refractivity (Wildman–Crippen MR) is 110 cm³/mol. The SMILES string of the molecule is CS[C@@H]1[C@@H](OC(C)=O)O[C@@H](COC(=O)c2ccccc2)[C@H]1OC(=O)c1ccccc1. The van der Waals surface area contributed by atoms with Gasteiger partial charge in [0.1, 0.15) is 24.1 Å². The van der Waals surface area contributed by atoms with Crippen LogP contribution in [0.4, 0.5) is 0 Å². The maximum absolute atomic E-state index is 12.6. The van der Waals surface area contributed by atoms with Gasteiger partial charge in [-0.25, -0.2) is 9.59 Å². The van der Waals surface area contributed by atoms with Gasteiger partial charge in [-0.15, -0.1) is 0 Å². The van der Waals surface area contributed by atoms with Gasteiger partial charge in [0, 0.05) is 6.92 Å². The molecule has 1 aliphatic heterocycles. The second kappa shape index (κ2) is 10.3. The summed E-state index contributed by atoms with van der Waals surface area (Å²) in [5.74, 6) is -1.58. The molecule has 4 atom stereocenters. The van der Waals surface area contributed by atoms with Crippen LogP contribution in [0.25, 0.3) is 0 Å². The van der Waals surface area contributed by atoms with Crippen LogP contribution in [0.3, 0.4) is 0 Å². The van der Waals surface area contributed by atoms with Crippen molar-refractivity contribution in [3.05, 3.63) is 71.8 Å². The number of hydrogen-bond donors (Lipinski definition) is 0. The summed E-state index contributed by atoms with van der Waals surface area (Å²) in [5.41, 5.74) is 0.777. The number of benzene rings is 2. The number of rotatable bonds is 7. The fraction of sp³-hybridized carbons (Fsp3) is 0.318. The lowest BCUT2D eigenvalue weighted by Crippen LogP contribution is -2.38. The van der Waals surface area contributed by atoms with Crippen LogP contribution in [-0.4, -0.2) is 54.5 Å². The second-order valence-electron chi connectivity index (χ2n) is 6.55. The van der Waals surface area contributed by atoms with Crippen LogP contribution in [-0.2, 0) is 23.7 Å². The maximum atomic E-state index is 12.6. The van der Waals surface area contributed by atoms with Crippen molar-refractivity contribution in [3.8, 4) is 0 Å². The zero-order chi connectivity index (χ0) is 21.5. The van der Waals surface area contributed by atoms with Crippen molar-refractivity contribution < 1.29 is 33.3 Å². The third kappa shape index (κ3) is 5.40. The highest BCUT2D eigenvalue weighted by Crippen LogP contribution is 2.33. The number of carbonyl (C=O) groups excluding carboxylic acids is 3. The maximum Gasteiger partial charge on any atom is 0.338 e. The van der Waals surface area contributed by atoms with E-state index in [1.165, 1.54) is 18.7 Å². The first-order chi connectivity index (χ1) is 14.5. The minimum Gasteiger partial charge on any atom is -0.459 e. The molecule has 7 nitrogen and oxygen atoms in total. The van der Waals surface area contributed by atoms with E-state index in [0.717, 1.165) is 0 Å². The van der Waals surface area contributed by atoms with Gasteiger partial charge in [-0.3, -0.25) is 4.79 Å². The van der Waals surface area contributed by atoms with Crippen LogP contribution in [0.1, 0.15) is 27.6 Å². The van der Waals surface area contributed by atoms with Crippen molar-refractivity contribution in [1.82, 2.24) is 0 Å². The van der Waals surface area contributed by atoms with Crippen LogP contribution in [0.2, 0.25) is 0 Å². The molecule has 1 aliphatic rings. The van der Waals surface area contributed by atoms with Crippen LogP contribution < -0.4 is 0 Å². The molecule has 0 N–H and O–H groups in total. The van der Waals surface area contributed by atoms with E-state index in [1.54, 1.807) is 66.9 Å². The summed E-state index contributed by atoms with van der Waals surface area (Å²) < 4.78 is 22.1. The van der Waals surface area contributed by atoms with Gasteiger partial charge >= 0.3 is 17.9 Å². The molecule has 1 fully saturated rings. The van der Waals surface area contributed by atoms with E-state index in [-0.39, 0.29) is 6.61 Å². The van der Waals surface area contributed by atoms with E-state index >= 15 is 0 Å². The first-order valence-electron chi connectivity index (χ1n) is 9.33. The molecular formula is C22H22O7S. The van der Waals surface area contributed by atoms with Gasteiger partial charge in [0.05, 0.1) is 11.1 Å². The van der Waals surface area contributed by atoms with E-state index in [0.29, 0.717) is 11.1 Å². The van der Waals surface area contributed by atoms with Crippen molar-refractivity contribution in [3.63, 3.8) is 0 Å². The van der Waals surface area contributed by atoms with Gasteiger partial charge in [-0.1, -0.05) is 36.4 Å². The van der Waals surface area contributed by atoms with Crippen LogP contribution in [0.5, 0.6) is 0 Å². The summed E-state index contributed by atoms with van der Waals surface area (Å²) in [6.07, 6.45) is -0.689. The lowest BCUT2D eigenvalue weighted by Gasteiger charge is -2.22. The van der Waals surface area contributed by atoms with Crippen molar-refractivity contribution in [1.29, 1.82) is 0 Å². The molecule has 8 heteroatoms. The largest absolute Gasteiger partial charge is 0.459 e. The number of esters is 3. The Hall–Kier alpha value is -2.84. The summed E-state index contributed by atoms with van der Waals surface area (Å²) in [4.78, 5) is 36.3. The van der Waals surface area contributed by atoms with Crippen molar-refractivity contribution in [2.45, 2.75) is 30.7 Å². The summed E-state index contributed by atoms with van der Waals surface area (Å²) in [6, 6.07) is 17.1. The monoisotopic (exact) mass is 430 g/mol. The first-order valence-corrected chi connectivity index (χ1v) is 10.6. The number of ether oxygens (including phenoxy) is 4. The third-order valence-corrected chi connectivity index (χ3v) is 5.50. The highest BCUT2D eigenvalue weighted by molar-refractivity contribution is 7.99. The highest BCUT2D eigenvalue weighted by atomic mass is 32.2. The normalized spacial score (nSPS) is 22.9. The summed E-state index contributed by atoms with van der Waals surface area (Å²) in [6.45, 7) is 1.11. The smallest absolute Gasteiger partial charge is 0.338 e. The van der Waals surface area contributed by atoms with E-state index in [4.69, 9.17) is 18.9 Å². The fourth-order valence-corrected chi connectivity index (χ4v) is 3.90. The molecule has 0 bridgehead atoms. The zero-order valence-electron chi connectivity index (χ0n) is 16.6. The van der Waals surface area contributed by atoms with Crippen LogP contribution >= 0.6 is 11.8 Å². The van der Waals surface area contributed by atoms with Gasteiger partial charge in [-0.05, 0) is 30.5 Å². The number of hydrogen-bond acceptors (Lipinski definition) is 8. The molecule has 0 aliphatic carbocycles. The Morgan fingerprint density at radius 3 is 2.00 bits per heavy atom. The van der Waals surface area contributed by atoms with Gasteiger partial charge < -0.3 is 18.9 Å². The van der Waals surface area contributed by atoms with E-state index in [2.05, 4.69) is 0 Å².